The van der Waals surface area contributed by atoms with Crippen LogP contribution >= 0.6 is 0 Å². The smallest absolute Gasteiger partial charge is 0.487 e. The first-order chi connectivity index (χ1) is 18.2. The number of ether oxygens (including phenoxy) is 2. The van der Waals surface area contributed by atoms with Crippen molar-refractivity contribution in [2.45, 2.75) is 81.8 Å². The van der Waals surface area contributed by atoms with Gasteiger partial charge in [-0.2, -0.15) is 0 Å². The highest BCUT2D eigenvalue weighted by molar-refractivity contribution is 5.77. The molecule has 3 aromatic carbocycles. The molecule has 0 aromatic heterocycles. The van der Waals surface area contributed by atoms with Crippen molar-refractivity contribution in [1.29, 1.82) is 0 Å². The van der Waals surface area contributed by atoms with Crippen molar-refractivity contribution in [1.82, 2.24) is 0 Å². The van der Waals surface area contributed by atoms with Gasteiger partial charge in [0.25, 0.3) is 0 Å². The highest BCUT2D eigenvalue weighted by Crippen LogP contribution is 2.54. The Morgan fingerprint density at radius 3 is 2.24 bits per heavy atom. The Kier molecular flexibility index (Phi) is 6.37. The summed E-state index contributed by atoms with van der Waals surface area (Å²) in [5.41, 5.74) is 5.03. The van der Waals surface area contributed by atoms with Crippen molar-refractivity contribution in [2.24, 2.45) is 0 Å². The molecule has 1 atom stereocenters. The molecule has 2 fully saturated rings. The molecule has 0 amide bonds. The minimum atomic E-state index is -4.75. The first kappa shape index (κ1) is 25.2. The zero-order valence-electron chi connectivity index (χ0n) is 21.0. The molecule has 3 nitrogen and oxygen atoms in total. The molecule has 7 heteroatoms. The molecule has 2 saturated carbocycles. The van der Waals surface area contributed by atoms with Crippen LogP contribution < -0.4 is 9.47 Å². The molecule has 3 aliphatic rings. The van der Waals surface area contributed by atoms with E-state index in [0.29, 0.717) is 24.5 Å². The van der Waals surface area contributed by atoms with Gasteiger partial charge in [0.05, 0.1) is 6.10 Å². The maximum Gasteiger partial charge on any atom is 0.573 e. The second-order valence-electron chi connectivity index (χ2n) is 10.9. The Labute approximate surface area is 219 Å². The van der Waals surface area contributed by atoms with Gasteiger partial charge < -0.3 is 14.6 Å². The summed E-state index contributed by atoms with van der Waals surface area (Å²) in [6.07, 6.45) is 2.75. The summed E-state index contributed by atoms with van der Waals surface area (Å²) in [4.78, 5) is 0. The quantitative estimate of drug-likeness (QED) is 0.340. The van der Waals surface area contributed by atoms with Gasteiger partial charge in [-0.05, 0) is 103 Å². The lowest BCUT2D eigenvalue weighted by Gasteiger charge is -2.47. The summed E-state index contributed by atoms with van der Waals surface area (Å²) in [5.74, 6) is 0.419. The van der Waals surface area contributed by atoms with Crippen LogP contribution in [-0.4, -0.2) is 17.1 Å². The first-order valence-electron chi connectivity index (χ1n) is 13.4. The van der Waals surface area contributed by atoms with Crippen LogP contribution in [0.5, 0.6) is 11.5 Å². The van der Waals surface area contributed by atoms with Gasteiger partial charge in [-0.3, -0.25) is 0 Å². The van der Waals surface area contributed by atoms with Gasteiger partial charge in [0.2, 0.25) is 0 Å². The van der Waals surface area contributed by atoms with Crippen LogP contribution in [-0.2, 0) is 6.42 Å². The second kappa shape index (κ2) is 9.60. The maximum atomic E-state index is 13.9. The molecule has 38 heavy (non-hydrogen) atoms. The Hall–Kier alpha value is -3.06. The van der Waals surface area contributed by atoms with E-state index in [1.165, 1.54) is 24.3 Å². The number of fused-ring (bicyclic) bond motifs is 1. The molecule has 0 bridgehead atoms. The lowest BCUT2D eigenvalue weighted by molar-refractivity contribution is -0.274. The topological polar surface area (TPSA) is 38.7 Å². The zero-order chi connectivity index (χ0) is 26.5. The van der Waals surface area contributed by atoms with Gasteiger partial charge in [-0.25, -0.2) is 4.39 Å². The number of aliphatic hydroxyl groups excluding tert-OH is 1. The zero-order valence-corrected chi connectivity index (χ0v) is 21.0. The fourth-order valence-corrected chi connectivity index (χ4v) is 6.51. The molecular weight excluding hydrogens is 496 g/mol. The van der Waals surface area contributed by atoms with Gasteiger partial charge in [0.1, 0.15) is 22.9 Å². The third-order valence-electron chi connectivity index (χ3n) is 8.43. The number of hydrogen-bond acceptors (Lipinski definition) is 3. The van der Waals surface area contributed by atoms with Crippen LogP contribution in [0.1, 0.15) is 85.6 Å². The molecule has 0 unspecified atom stereocenters. The number of hydrogen-bond donors (Lipinski definition) is 1. The van der Waals surface area contributed by atoms with Gasteiger partial charge in [-0.15, -0.1) is 13.2 Å². The Balaban J connectivity index is 1.50. The number of alkyl halides is 3. The summed E-state index contributed by atoms with van der Waals surface area (Å²) >= 11 is 0. The molecule has 1 heterocycles. The van der Waals surface area contributed by atoms with E-state index in [2.05, 4.69) is 10.8 Å². The Morgan fingerprint density at radius 1 is 0.947 bits per heavy atom. The lowest BCUT2D eigenvalue weighted by atomic mass is 9.71. The van der Waals surface area contributed by atoms with Crippen LogP contribution in [0.25, 0.3) is 11.1 Å². The van der Waals surface area contributed by atoms with E-state index in [-0.39, 0.29) is 17.2 Å². The van der Waals surface area contributed by atoms with Crippen molar-refractivity contribution in [2.75, 3.05) is 0 Å². The highest BCUT2D eigenvalue weighted by atomic mass is 19.4. The van der Waals surface area contributed by atoms with Crippen molar-refractivity contribution in [3.8, 4) is 22.6 Å². The SMILES string of the molecule is O[C@H]1CC2(CCC2)Oc2cc(C3CCCC3)c(Cc3ccc(OC(F)(F)F)cc3)c(-c3ccc(F)cc3)c21. The molecule has 1 N–H and O–H groups in total. The van der Waals surface area contributed by atoms with E-state index >= 15 is 0 Å². The summed E-state index contributed by atoms with van der Waals surface area (Å²) in [6, 6.07) is 14.3. The number of halogens is 4. The standard InChI is InChI=1S/C31H30F4O3/c32-22-10-8-21(9-11-22)28-25(16-19-6-12-23(13-7-19)37-31(33,34)35)24(20-4-1-2-5-20)17-27-29(28)26(36)18-30(38-27)14-3-15-30/h6-13,17,20,26,36H,1-5,14-16,18H2/t26-/m0/s1. The van der Waals surface area contributed by atoms with E-state index in [0.717, 1.165) is 78.3 Å². The van der Waals surface area contributed by atoms with Gasteiger partial charge in [-0.1, -0.05) is 37.1 Å². The van der Waals surface area contributed by atoms with Crippen molar-refractivity contribution in [3.05, 3.63) is 82.7 Å². The summed E-state index contributed by atoms with van der Waals surface area (Å²) in [6.45, 7) is 0. The minimum Gasteiger partial charge on any atom is -0.487 e. The fourth-order valence-electron chi connectivity index (χ4n) is 6.51. The summed E-state index contributed by atoms with van der Waals surface area (Å²) in [7, 11) is 0. The lowest BCUT2D eigenvalue weighted by Crippen LogP contribution is -2.47. The largest absolute Gasteiger partial charge is 0.573 e. The third-order valence-corrected chi connectivity index (χ3v) is 8.43. The molecule has 0 saturated heterocycles. The van der Waals surface area contributed by atoms with Crippen LogP contribution in [0.4, 0.5) is 17.6 Å². The van der Waals surface area contributed by atoms with Crippen LogP contribution in [0.2, 0.25) is 0 Å². The molecule has 3 aromatic rings. The third kappa shape index (κ3) is 4.89. The van der Waals surface area contributed by atoms with Crippen LogP contribution in [0, 0.1) is 5.82 Å². The molecule has 1 aliphatic heterocycles. The van der Waals surface area contributed by atoms with Gasteiger partial charge in [0, 0.05) is 12.0 Å². The van der Waals surface area contributed by atoms with Crippen LogP contribution in [0.3, 0.4) is 0 Å². The average molecular weight is 527 g/mol. The molecule has 0 radical (unpaired) electrons. The number of rotatable bonds is 5. The minimum absolute atomic E-state index is 0.268. The van der Waals surface area contributed by atoms with Crippen LogP contribution in [0.15, 0.2) is 54.6 Å². The van der Waals surface area contributed by atoms with E-state index in [1.54, 1.807) is 24.3 Å². The number of aliphatic hydroxyl groups is 1. The predicted octanol–water partition coefficient (Wildman–Crippen LogP) is 8.38. The average Bonchev–Trinajstić information content (AvgIpc) is 3.38. The van der Waals surface area contributed by atoms with Crippen molar-refractivity contribution < 1.29 is 32.1 Å². The molecule has 200 valence electrons. The van der Waals surface area contributed by atoms with Crippen molar-refractivity contribution in [3.63, 3.8) is 0 Å². The van der Waals surface area contributed by atoms with E-state index in [1.807, 2.05) is 0 Å². The first-order valence-corrected chi connectivity index (χ1v) is 13.4. The normalized spacial score (nSPS) is 20.6. The monoisotopic (exact) mass is 526 g/mol. The molecular formula is C31H30F4O3. The second-order valence-corrected chi connectivity index (χ2v) is 10.9. The van der Waals surface area contributed by atoms with E-state index < -0.39 is 12.5 Å². The molecule has 6 rings (SSSR count). The van der Waals surface area contributed by atoms with E-state index in [4.69, 9.17) is 4.74 Å². The van der Waals surface area contributed by atoms with Crippen molar-refractivity contribution >= 4 is 0 Å². The Morgan fingerprint density at radius 2 is 1.63 bits per heavy atom. The summed E-state index contributed by atoms with van der Waals surface area (Å²) < 4.78 is 62.7. The number of benzene rings is 3. The maximum absolute atomic E-state index is 13.9. The fraction of sp³-hybridized carbons (Fsp3) is 0.419. The van der Waals surface area contributed by atoms with Gasteiger partial charge in [0.15, 0.2) is 0 Å². The highest BCUT2D eigenvalue weighted by Gasteiger charge is 2.46. The summed E-state index contributed by atoms with van der Waals surface area (Å²) in [5, 5.41) is 11.5. The predicted molar refractivity (Wildman–Crippen MR) is 136 cm³/mol. The molecule has 2 aliphatic carbocycles. The Bertz CT molecular complexity index is 1300. The molecule has 1 spiro atoms. The van der Waals surface area contributed by atoms with E-state index in [9.17, 15) is 22.7 Å². The van der Waals surface area contributed by atoms with Gasteiger partial charge >= 0.3 is 6.36 Å².